The van der Waals surface area contributed by atoms with Crippen molar-refractivity contribution in [3.8, 4) is 17.2 Å². The van der Waals surface area contributed by atoms with Gasteiger partial charge >= 0.3 is 6.09 Å². The van der Waals surface area contributed by atoms with Crippen molar-refractivity contribution in [3.05, 3.63) is 65.7 Å². The van der Waals surface area contributed by atoms with Gasteiger partial charge in [-0.3, -0.25) is 4.90 Å². The van der Waals surface area contributed by atoms with Crippen LogP contribution in [-0.2, 0) is 0 Å². The van der Waals surface area contributed by atoms with Crippen molar-refractivity contribution in [2.75, 3.05) is 4.90 Å². The lowest BCUT2D eigenvalue weighted by molar-refractivity contribution is 0.207. The summed E-state index contributed by atoms with van der Waals surface area (Å²) in [5.74, 6) is 3.86. The summed E-state index contributed by atoms with van der Waals surface area (Å²) in [6.07, 6.45) is 1.69. The fourth-order valence-electron chi connectivity index (χ4n) is 2.80. The molecule has 1 atom stereocenters. The standard InChI is InChI=1S/C22H23NO2Si/c1-17-16-18-10-8-9-13-21(18)23(20(17)14-15-26(2,3)4)22(24)25-19-11-6-5-7-12-19/h5-13,16,20H,1-4H3. The zero-order valence-corrected chi connectivity index (χ0v) is 16.6. The quantitative estimate of drug-likeness (QED) is 0.505. The molecule has 0 saturated carbocycles. The van der Waals surface area contributed by atoms with Crippen molar-refractivity contribution in [2.45, 2.75) is 32.6 Å². The van der Waals surface area contributed by atoms with Gasteiger partial charge in [0.15, 0.2) is 0 Å². The van der Waals surface area contributed by atoms with E-state index in [4.69, 9.17) is 4.74 Å². The van der Waals surface area contributed by atoms with E-state index in [0.717, 1.165) is 16.8 Å². The van der Waals surface area contributed by atoms with Gasteiger partial charge in [-0.2, -0.15) is 0 Å². The molecule has 1 amide bonds. The normalized spacial score (nSPS) is 16.1. The Balaban J connectivity index is 2.02. The van der Waals surface area contributed by atoms with Gasteiger partial charge in [0.1, 0.15) is 19.9 Å². The zero-order valence-electron chi connectivity index (χ0n) is 15.6. The van der Waals surface area contributed by atoms with E-state index in [-0.39, 0.29) is 6.04 Å². The molecule has 0 saturated heterocycles. The number of para-hydroxylation sites is 2. The fraction of sp³-hybridized carbons (Fsp3) is 0.227. The average Bonchev–Trinajstić information content (AvgIpc) is 2.59. The first-order chi connectivity index (χ1) is 12.3. The number of amides is 1. The summed E-state index contributed by atoms with van der Waals surface area (Å²) in [4.78, 5) is 14.7. The van der Waals surface area contributed by atoms with Gasteiger partial charge in [-0.15, -0.1) is 5.54 Å². The van der Waals surface area contributed by atoms with Crippen LogP contribution >= 0.6 is 0 Å². The highest BCUT2D eigenvalue weighted by molar-refractivity contribution is 6.83. The monoisotopic (exact) mass is 361 g/mol. The fourth-order valence-corrected chi connectivity index (χ4v) is 3.37. The number of carbonyl (C=O) groups excluding carboxylic acids is 1. The SMILES string of the molecule is CC1=Cc2ccccc2N(C(=O)Oc2ccccc2)C1C#C[Si](C)(C)C. The maximum Gasteiger partial charge on any atom is 0.421 e. The molecule has 1 aliphatic heterocycles. The Morgan fingerprint density at radius 2 is 1.69 bits per heavy atom. The predicted octanol–water partition coefficient (Wildman–Crippen LogP) is 5.36. The van der Waals surface area contributed by atoms with E-state index in [9.17, 15) is 4.79 Å². The molecule has 1 aliphatic rings. The van der Waals surface area contributed by atoms with Crippen molar-refractivity contribution < 1.29 is 9.53 Å². The van der Waals surface area contributed by atoms with Gasteiger partial charge in [0.25, 0.3) is 0 Å². The average molecular weight is 362 g/mol. The number of anilines is 1. The van der Waals surface area contributed by atoms with E-state index in [1.54, 1.807) is 17.0 Å². The van der Waals surface area contributed by atoms with Crippen LogP contribution in [0.3, 0.4) is 0 Å². The van der Waals surface area contributed by atoms with Crippen LogP contribution < -0.4 is 9.64 Å². The van der Waals surface area contributed by atoms with Crippen LogP contribution in [0.15, 0.2) is 60.2 Å². The van der Waals surface area contributed by atoms with Crippen LogP contribution in [0.2, 0.25) is 19.6 Å². The Hall–Kier alpha value is -2.77. The van der Waals surface area contributed by atoms with Gasteiger partial charge in [0.2, 0.25) is 0 Å². The van der Waals surface area contributed by atoms with E-state index in [2.05, 4.69) is 37.2 Å². The van der Waals surface area contributed by atoms with E-state index in [1.807, 2.05) is 49.4 Å². The highest BCUT2D eigenvalue weighted by Crippen LogP contribution is 2.33. The summed E-state index contributed by atoms with van der Waals surface area (Å²) in [5.41, 5.74) is 6.27. The molecule has 0 bridgehead atoms. The number of rotatable bonds is 1. The third-order valence-electron chi connectivity index (χ3n) is 4.00. The summed E-state index contributed by atoms with van der Waals surface area (Å²) in [6, 6.07) is 16.7. The van der Waals surface area contributed by atoms with Crippen molar-refractivity contribution in [2.24, 2.45) is 0 Å². The molecule has 0 N–H and O–H groups in total. The second-order valence-electron chi connectivity index (χ2n) is 7.42. The molecule has 26 heavy (non-hydrogen) atoms. The van der Waals surface area contributed by atoms with Gasteiger partial charge in [-0.1, -0.05) is 68.0 Å². The molecule has 0 aliphatic carbocycles. The van der Waals surface area contributed by atoms with Gasteiger partial charge in [-0.25, -0.2) is 4.79 Å². The van der Waals surface area contributed by atoms with Gasteiger partial charge in [-0.05, 0) is 36.3 Å². The number of benzene rings is 2. The third-order valence-corrected chi connectivity index (χ3v) is 4.89. The van der Waals surface area contributed by atoms with E-state index >= 15 is 0 Å². The topological polar surface area (TPSA) is 29.5 Å². The molecule has 4 heteroatoms. The highest BCUT2D eigenvalue weighted by Gasteiger charge is 2.32. The lowest BCUT2D eigenvalue weighted by Gasteiger charge is -2.33. The lowest BCUT2D eigenvalue weighted by Crippen LogP contribution is -2.44. The number of carbonyl (C=O) groups is 1. The van der Waals surface area contributed by atoms with Crippen LogP contribution in [0, 0.1) is 11.5 Å². The summed E-state index contributed by atoms with van der Waals surface area (Å²) in [5, 5.41) is 0. The van der Waals surface area contributed by atoms with E-state index in [0.29, 0.717) is 5.75 Å². The minimum atomic E-state index is -1.57. The zero-order chi connectivity index (χ0) is 18.7. The first-order valence-corrected chi connectivity index (χ1v) is 12.2. The molecular formula is C22H23NO2Si. The van der Waals surface area contributed by atoms with Crippen LogP contribution in [-0.4, -0.2) is 20.2 Å². The Kier molecular flexibility index (Phi) is 5.01. The maximum absolute atomic E-state index is 13.0. The Labute approximate surface area is 156 Å². The Morgan fingerprint density at radius 3 is 2.38 bits per heavy atom. The molecule has 2 aromatic carbocycles. The maximum atomic E-state index is 13.0. The number of ether oxygens (including phenoxy) is 1. The van der Waals surface area contributed by atoms with Crippen LogP contribution in [0.4, 0.5) is 10.5 Å². The third kappa shape index (κ3) is 4.06. The van der Waals surface area contributed by atoms with Gasteiger partial charge in [0.05, 0.1) is 5.69 Å². The molecule has 1 unspecified atom stereocenters. The predicted molar refractivity (Wildman–Crippen MR) is 110 cm³/mol. The summed E-state index contributed by atoms with van der Waals surface area (Å²) in [7, 11) is -1.57. The molecule has 132 valence electrons. The first-order valence-electron chi connectivity index (χ1n) is 8.71. The molecule has 3 nitrogen and oxygen atoms in total. The van der Waals surface area contributed by atoms with Gasteiger partial charge < -0.3 is 4.74 Å². The largest absolute Gasteiger partial charge is 0.421 e. The van der Waals surface area contributed by atoms with Crippen molar-refractivity contribution in [1.82, 2.24) is 0 Å². The van der Waals surface area contributed by atoms with Crippen molar-refractivity contribution in [3.63, 3.8) is 0 Å². The Morgan fingerprint density at radius 1 is 1.04 bits per heavy atom. The summed E-state index contributed by atoms with van der Waals surface area (Å²) >= 11 is 0. The van der Waals surface area contributed by atoms with Crippen LogP contribution in [0.5, 0.6) is 5.75 Å². The van der Waals surface area contributed by atoms with E-state index < -0.39 is 14.2 Å². The van der Waals surface area contributed by atoms with Crippen molar-refractivity contribution in [1.29, 1.82) is 0 Å². The molecule has 1 heterocycles. The molecule has 3 rings (SSSR count). The molecule has 0 radical (unpaired) electrons. The number of nitrogens with zero attached hydrogens (tertiary/aromatic N) is 1. The Bertz CT molecular complexity index is 901. The number of hydrogen-bond donors (Lipinski definition) is 0. The minimum absolute atomic E-state index is 0.312. The number of fused-ring (bicyclic) bond motifs is 1. The number of hydrogen-bond acceptors (Lipinski definition) is 2. The molecule has 0 fully saturated rings. The molecule has 0 aromatic heterocycles. The molecule has 2 aromatic rings. The van der Waals surface area contributed by atoms with Crippen LogP contribution in [0.25, 0.3) is 6.08 Å². The molecule has 0 spiro atoms. The summed E-state index contributed by atoms with van der Waals surface area (Å²) in [6.45, 7) is 8.61. The van der Waals surface area contributed by atoms with Gasteiger partial charge in [0, 0.05) is 0 Å². The second kappa shape index (κ2) is 7.23. The van der Waals surface area contributed by atoms with E-state index in [1.165, 1.54) is 0 Å². The van der Waals surface area contributed by atoms with Crippen LogP contribution in [0.1, 0.15) is 12.5 Å². The summed E-state index contributed by atoms with van der Waals surface area (Å²) < 4.78 is 5.62. The first kappa shape index (κ1) is 18.0. The van der Waals surface area contributed by atoms with Crippen molar-refractivity contribution >= 4 is 25.9 Å². The minimum Gasteiger partial charge on any atom is -0.410 e. The molecular weight excluding hydrogens is 338 g/mol. The smallest absolute Gasteiger partial charge is 0.410 e. The lowest BCUT2D eigenvalue weighted by atomic mass is 9.97. The second-order valence-corrected chi connectivity index (χ2v) is 12.2. The highest BCUT2D eigenvalue weighted by atomic mass is 28.3.